The Morgan fingerprint density at radius 3 is 2.81 bits per heavy atom. The quantitative estimate of drug-likeness (QED) is 0.900. The van der Waals surface area contributed by atoms with Crippen LogP contribution < -0.4 is 10.2 Å². The van der Waals surface area contributed by atoms with Crippen LogP contribution in [0.1, 0.15) is 51.5 Å². The number of fused-ring (bicyclic) bond motifs is 1. The van der Waals surface area contributed by atoms with E-state index in [0.29, 0.717) is 6.04 Å². The van der Waals surface area contributed by atoms with Crippen molar-refractivity contribution in [2.75, 3.05) is 18.0 Å². The summed E-state index contributed by atoms with van der Waals surface area (Å²) in [5.41, 5.74) is 3.04. The van der Waals surface area contributed by atoms with E-state index in [4.69, 9.17) is 0 Å². The number of hydrogen-bond donors (Lipinski definition) is 1. The molecular weight excluding hydrogens is 256 g/mol. The van der Waals surface area contributed by atoms with Gasteiger partial charge in [0.05, 0.1) is 0 Å². The van der Waals surface area contributed by atoms with Crippen LogP contribution in [0.2, 0.25) is 0 Å². The summed E-state index contributed by atoms with van der Waals surface area (Å²) in [6.45, 7) is 6.98. The molecule has 116 valence electrons. The largest absolute Gasteiger partial charge is 0.368 e. The van der Waals surface area contributed by atoms with Crippen molar-refractivity contribution in [3.63, 3.8) is 0 Å². The average molecular weight is 286 g/mol. The van der Waals surface area contributed by atoms with Gasteiger partial charge < -0.3 is 10.2 Å². The molecule has 1 aromatic rings. The van der Waals surface area contributed by atoms with Crippen LogP contribution in [-0.4, -0.2) is 25.2 Å². The van der Waals surface area contributed by atoms with Crippen LogP contribution in [0.25, 0.3) is 0 Å². The van der Waals surface area contributed by atoms with Gasteiger partial charge in [0.2, 0.25) is 0 Å². The summed E-state index contributed by atoms with van der Waals surface area (Å²) in [7, 11) is 0. The molecule has 0 radical (unpaired) electrons. The smallest absolute Gasteiger partial charge is 0.0401 e. The van der Waals surface area contributed by atoms with Crippen LogP contribution in [0.3, 0.4) is 0 Å². The van der Waals surface area contributed by atoms with Crippen molar-refractivity contribution >= 4 is 5.69 Å². The minimum absolute atomic E-state index is 0.684. The molecule has 1 N–H and O–H groups in total. The molecule has 1 aliphatic heterocycles. The zero-order valence-corrected chi connectivity index (χ0v) is 13.6. The predicted molar refractivity (Wildman–Crippen MR) is 91.0 cm³/mol. The summed E-state index contributed by atoms with van der Waals surface area (Å²) in [6, 6.07) is 10.4. The first-order valence-corrected chi connectivity index (χ1v) is 8.87. The molecule has 3 rings (SSSR count). The van der Waals surface area contributed by atoms with Crippen LogP contribution in [0.15, 0.2) is 24.3 Å². The molecular formula is C19H30N2. The molecule has 1 saturated carbocycles. The Hall–Kier alpha value is -1.02. The molecule has 0 bridgehead atoms. The molecule has 2 nitrogen and oxygen atoms in total. The maximum Gasteiger partial charge on any atom is 0.0401 e. The van der Waals surface area contributed by atoms with E-state index in [-0.39, 0.29) is 0 Å². The first-order chi connectivity index (χ1) is 10.3. The van der Waals surface area contributed by atoms with E-state index in [1.165, 1.54) is 50.8 Å². The Morgan fingerprint density at radius 1 is 1.14 bits per heavy atom. The summed E-state index contributed by atoms with van der Waals surface area (Å²) < 4.78 is 0. The van der Waals surface area contributed by atoms with Gasteiger partial charge in [0.15, 0.2) is 0 Å². The van der Waals surface area contributed by atoms with Gasteiger partial charge in [-0.15, -0.1) is 0 Å². The molecule has 0 saturated heterocycles. The SMILES string of the molecule is CCNC1CCCCC1CN1c2ccccc2CCC1C. The van der Waals surface area contributed by atoms with Gasteiger partial charge in [0.25, 0.3) is 0 Å². The van der Waals surface area contributed by atoms with Crippen molar-refractivity contribution in [2.45, 2.75) is 64.5 Å². The van der Waals surface area contributed by atoms with E-state index in [9.17, 15) is 0 Å². The second kappa shape index (κ2) is 6.83. The highest BCUT2D eigenvalue weighted by Crippen LogP contribution is 2.33. The Balaban J connectivity index is 1.76. The minimum Gasteiger partial charge on any atom is -0.368 e. The third-order valence-corrected chi connectivity index (χ3v) is 5.47. The molecule has 2 aliphatic rings. The summed E-state index contributed by atoms with van der Waals surface area (Å²) in [5, 5.41) is 3.74. The van der Waals surface area contributed by atoms with Gasteiger partial charge in [0.1, 0.15) is 0 Å². The lowest BCUT2D eigenvalue weighted by Crippen LogP contribution is -2.47. The molecule has 1 aliphatic carbocycles. The minimum atomic E-state index is 0.684. The molecule has 21 heavy (non-hydrogen) atoms. The normalized spacial score (nSPS) is 29.2. The Kier molecular flexibility index (Phi) is 4.84. The average Bonchev–Trinajstić information content (AvgIpc) is 2.52. The van der Waals surface area contributed by atoms with Crippen molar-refractivity contribution in [2.24, 2.45) is 5.92 Å². The standard InChI is InChI=1S/C19H30N2/c1-3-20-18-10-6-4-9-17(18)14-21-15(2)12-13-16-8-5-7-11-19(16)21/h5,7-8,11,15,17-18,20H,3-4,6,9-10,12-14H2,1-2H3. The fraction of sp³-hybridized carbons (Fsp3) is 0.684. The molecule has 0 amide bonds. The lowest BCUT2D eigenvalue weighted by molar-refractivity contribution is 0.262. The zero-order chi connectivity index (χ0) is 14.7. The number of rotatable bonds is 4. The zero-order valence-electron chi connectivity index (χ0n) is 13.6. The van der Waals surface area contributed by atoms with Crippen LogP contribution in [-0.2, 0) is 6.42 Å². The number of nitrogens with zero attached hydrogens (tertiary/aromatic N) is 1. The van der Waals surface area contributed by atoms with E-state index >= 15 is 0 Å². The topological polar surface area (TPSA) is 15.3 Å². The first kappa shape index (κ1) is 14.9. The Bertz CT molecular complexity index is 455. The second-order valence-corrected chi connectivity index (χ2v) is 6.88. The summed E-state index contributed by atoms with van der Waals surface area (Å²) in [6.07, 6.45) is 8.12. The summed E-state index contributed by atoms with van der Waals surface area (Å²) >= 11 is 0. The van der Waals surface area contributed by atoms with Gasteiger partial charge in [-0.25, -0.2) is 0 Å². The summed E-state index contributed by atoms with van der Waals surface area (Å²) in [4.78, 5) is 2.69. The van der Waals surface area contributed by atoms with Crippen molar-refractivity contribution in [3.05, 3.63) is 29.8 Å². The van der Waals surface area contributed by atoms with Crippen molar-refractivity contribution < 1.29 is 0 Å². The Morgan fingerprint density at radius 2 is 1.95 bits per heavy atom. The van der Waals surface area contributed by atoms with Gasteiger partial charge in [-0.05, 0) is 56.7 Å². The molecule has 0 spiro atoms. The molecule has 1 fully saturated rings. The van der Waals surface area contributed by atoms with Gasteiger partial charge in [0, 0.05) is 24.3 Å². The third kappa shape index (κ3) is 3.26. The predicted octanol–water partition coefficient (Wildman–Crippen LogP) is 4.00. The number of hydrogen-bond acceptors (Lipinski definition) is 2. The lowest BCUT2D eigenvalue weighted by Gasteiger charge is -2.42. The number of nitrogens with one attached hydrogen (secondary N) is 1. The molecule has 1 heterocycles. The Labute approximate surface area is 129 Å². The fourth-order valence-corrected chi connectivity index (χ4v) is 4.25. The van der Waals surface area contributed by atoms with E-state index in [2.05, 4.69) is 48.3 Å². The highest BCUT2D eigenvalue weighted by Gasteiger charge is 2.30. The van der Waals surface area contributed by atoms with Gasteiger partial charge in [-0.3, -0.25) is 0 Å². The fourth-order valence-electron chi connectivity index (χ4n) is 4.25. The first-order valence-electron chi connectivity index (χ1n) is 8.87. The van der Waals surface area contributed by atoms with E-state index in [0.717, 1.165) is 18.5 Å². The molecule has 0 aromatic heterocycles. The van der Waals surface area contributed by atoms with Crippen LogP contribution in [0.5, 0.6) is 0 Å². The maximum absolute atomic E-state index is 3.74. The monoisotopic (exact) mass is 286 g/mol. The van der Waals surface area contributed by atoms with Gasteiger partial charge in [-0.1, -0.05) is 38.0 Å². The highest BCUT2D eigenvalue weighted by molar-refractivity contribution is 5.56. The number of aryl methyl sites for hydroxylation is 1. The van der Waals surface area contributed by atoms with Crippen LogP contribution in [0, 0.1) is 5.92 Å². The van der Waals surface area contributed by atoms with Crippen molar-refractivity contribution in [1.82, 2.24) is 5.32 Å². The van der Waals surface area contributed by atoms with Crippen LogP contribution in [0.4, 0.5) is 5.69 Å². The molecule has 2 heteroatoms. The van der Waals surface area contributed by atoms with Crippen molar-refractivity contribution in [3.8, 4) is 0 Å². The third-order valence-electron chi connectivity index (χ3n) is 5.47. The van der Waals surface area contributed by atoms with Gasteiger partial charge >= 0.3 is 0 Å². The number of anilines is 1. The summed E-state index contributed by atoms with van der Waals surface area (Å²) in [5.74, 6) is 0.812. The molecule has 3 atom stereocenters. The lowest BCUT2D eigenvalue weighted by atomic mass is 9.83. The number of para-hydroxylation sites is 1. The highest BCUT2D eigenvalue weighted by atomic mass is 15.2. The second-order valence-electron chi connectivity index (χ2n) is 6.88. The van der Waals surface area contributed by atoms with Crippen LogP contribution >= 0.6 is 0 Å². The van der Waals surface area contributed by atoms with Crippen molar-refractivity contribution in [1.29, 1.82) is 0 Å². The molecule has 3 unspecified atom stereocenters. The van der Waals surface area contributed by atoms with E-state index < -0.39 is 0 Å². The van der Waals surface area contributed by atoms with E-state index in [1.807, 2.05) is 0 Å². The van der Waals surface area contributed by atoms with E-state index in [1.54, 1.807) is 5.56 Å². The maximum atomic E-state index is 3.74. The molecule has 1 aromatic carbocycles. The number of benzene rings is 1. The van der Waals surface area contributed by atoms with Gasteiger partial charge in [-0.2, -0.15) is 0 Å².